The van der Waals surface area contributed by atoms with Gasteiger partial charge in [-0.2, -0.15) is 0 Å². The van der Waals surface area contributed by atoms with Crippen molar-refractivity contribution < 1.29 is 9.53 Å². The first-order valence-corrected chi connectivity index (χ1v) is 8.33. The van der Waals surface area contributed by atoms with Gasteiger partial charge in [-0.1, -0.05) is 36.4 Å². The van der Waals surface area contributed by atoms with Gasteiger partial charge in [0.1, 0.15) is 0 Å². The van der Waals surface area contributed by atoms with Gasteiger partial charge in [0.2, 0.25) is 5.95 Å². The third kappa shape index (κ3) is 3.46. The minimum absolute atomic E-state index is 0.00849. The van der Waals surface area contributed by atoms with Crippen molar-refractivity contribution in [2.24, 2.45) is 0 Å². The van der Waals surface area contributed by atoms with Crippen molar-refractivity contribution >= 4 is 17.6 Å². The second-order valence-corrected chi connectivity index (χ2v) is 6.04. The zero-order valence-corrected chi connectivity index (χ0v) is 13.6. The Hall–Kier alpha value is -2.93. The van der Waals surface area contributed by atoms with Gasteiger partial charge in [0, 0.05) is 18.8 Å². The van der Waals surface area contributed by atoms with Crippen molar-refractivity contribution in [2.75, 3.05) is 11.9 Å². The van der Waals surface area contributed by atoms with Crippen LogP contribution in [0.4, 0.5) is 10.7 Å². The van der Waals surface area contributed by atoms with Crippen LogP contribution >= 0.6 is 0 Å². The maximum absolute atomic E-state index is 12.3. The summed E-state index contributed by atoms with van der Waals surface area (Å²) in [5, 5.41) is 13.8. The van der Waals surface area contributed by atoms with Crippen molar-refractivity contribution in [1.29, 1.82) is 0 Å². The van der Waals surface area contributed by atoms with Crippen LogP contribution in [0.3, 0.4) is 0 Å². The number of nitrogens with one attached hydrogen (secondary N) is 2. The number of carbonyl (C=O) groups excluding carboxylic acids is 1. The van der Waals surface area contributed by atoms with Crippen LogP contribution in [0.1, 0.15) is 24.5 Å². The SMILES string of the molecule is O=C(Nc1nnc2ccccn12)NC1CCOC(c2ccccc2)C1. The molecule has 128 valence electrons. The number of carbonyl (C=O) groups is 1. The summed E-state index contributed by atoms with van der Waals surface area (Å²) in [6.45, 7) is 0.623. The predicted molar refractivity (Wildman–Crippen MR) is 93.3 cm³/mol. The second-order valence-electron chi connectivity index (χ2n) is 6.04. The van der Waals surface area contributed by atoms with E-state index < -0.39 is 0 Å². The van der Waals surface area contributed by atoms with Gasteiger partial charge in [-0.25, -0.2) is 4.79 Å². The van der Waals surface area contributed by atoms with Crippen LogP contribution in [0.2, 0.25) is 0 Å². The molecule has 2 unspecified atom stereocenters. The molecule has 1 saturated heterocycles. The molecule has 1 fully saturated rings. The van der Waals surface area contributed by atoms with Gasteiger partial charge in [-0.15, -0.1) is 10.2 Å². The molecule has 2 N–H and O–H groups in total. The lowest BCUT2D eigenvalue weighted by Gasteiger charge is -2.30. The number of aromatic nitrogens is 3. The van der Waals surface area contributed by atoms with Crippen LogP contribution in [0, 0.1) is 0 Å². The summed E-state index contributed by atoms with van der Waals surface area (Å²) in [5.41, 5.74) is 1.82. The van der Waals surface area contributed by atoms with E-state index in [1.807, 2.05) is 42.6 Å². The van der Waals surface area contributed by atoms with E-state index in [4.69, 9.17) is 4.74 Å². The van der Waals surface area contributed by atoms with E-state index in [1.54, 1.807) is 4.40 Å². The molecule has 7 nitrogen and oxygen atoms in total. The highest BCUT2D eigenvalue weighted by atomic mass is 16.5. The second kappa shape index (κ2) is 6.90. The Labute approximate surface area is 145 Å². The molecular formula is C18H19N5O2. The van der Waals surface area contributed by atoms with E-state index in [-0.39, 0.29) is 18.2 Å². The zero-order chi connectivity index (χ0) is 17.1. The molecule has 1 aliphatic heterocycles. The molecule has 2 atom stereocenters. The molecule has 2 aromatic heterocycles. The number of amides is 2. The highest BCUT2D eigenvalue weighted by molar-refractivity contribution is 5.88. The lowest BCUT2D eigenvalue weighted by atomic mass is 9.97. The Balaban J connectivity index is 1.39. The average Bonchev–Trinajstić information content (AvgIpc) is 3.06. The Morgan fingerprint density at radius 1 is 1.12 bits per heavy atom. The molecule has 3 heterocycles. The van der Waals surface area contributed by atoms with Gasteiger partial charge < -0.3 is 10.1 Å². The number of pyridine rings is 1. The monoisotopic (exact) mass is 337 g/mol. The van der Waals surface area contributed by atoms with Crippen molar-refractivity contribution in [3.05, 3.63) is 60.3 Å². The van der Waals surface area contributed by atoms with E-state index in [0.29, 0.717) is 18.2 Å². The van der Waals surface area contributed by atoms with Gasteiger partial charge in [0.15, 0.2) is 5.65 Å². The van der Waals surface area contributed by atoms with Crippen molar-refractivity contribution in [1.82, 2.24) is 19.9 Å². The predicted octanol–water partition coefficient (Wildman–Crippen LogP) is 2.77. The van der Waals surface area contributed by atoms with Crippen LogP contribution in [0.25, 0.3) is 5.65 Å². The third-order valence-corrected chi connectivity index (χ3v) is 4.33. The Bertz CT molecular complexity index is 864. The summed E-state index contributed by atoms with van der Waals surface area (Å²) in [5.74, 6) is 0.403. The number of anilines is 1. The Morgan fingerprint density at radius 2 is 1.96 bits per heavy atom. The topological polar surface area (TPSA) is 80.6 Å². The van der Waals surface area contributed by atoms with Crippen LogP contribution < -0.4 is 10.6 Å². The van der Waals surface area contributed by atoms with Gasteiger partial charge in [-0.3, -0.25) is 9.72 Å². The number of nitrogens with zero attached hydrogens (tertiary/aromatic N) is 3. The number of hydrogen-bond donors (Lipinski definition) is 2. The van der Waals surface area contributed by atoms with Gasteiger partial charge in [-0.05, 0) is 30.5 Å². The standard InChI is InChI=1S/C18H19N5O2/c24-18(20-17-22-21-16-8-4-5-10-23(16)17)19-14-9-11-25-15(12-14)13-6-2-1-3-7-13/h1-8,10,14-15H,9,11-12H2,(H2,19,20,22,24). The summed E-state index contributed by atoms with van der Waals surface area (Å²) in [4.78, 5) is 12.3. The minimum atomic E-state index is -0.281. The number of ether oxygens (including phenoxy) is 1. The fourth-order valence-electron chi connectivity index (χ4n) is 3.08. The Kier molecular flexibility index (Phi) is 4.30. The molecule has 7 heteroatoms. The number of fused-ring (bicyclic) bond motifs is 1. The Morgan fingerprint density at radius 3 is 2.84 bits per heavy atom. The number of hydrogen-bond acceptors (Lipinski definition) is 4. The molecule has 4 rings (SSSR count). The molecule has 0 saturated carbocycles. The smallest absolute Gasteiger partial charge is 0.321 e. The average molecular weight is 337 g/mol. The van der Waals surface area contributed by atoms with E-state index in [1.165, 1.54) is 0 Å². The number of urea groups is 1. The maximum atomic E-state index is 12.3. The normalized spacial score (nSPS) is 20.3. The largest absolute Gasteiger partial charge is 0.373 e. The lowest BCUT2D eigenvalue weighted by Crippen LogP contribution is -2.42. The molecule has 0 spiro atoms. The van der Waals surface area contributed by atoms with Crippen molar-refractivity contribution in [3.8, 4) is 0 Å². The molecule has 0 radical (unpaired) electrons. The molecule has 2 amide bonds. The minimum Gasteiger partial charge on any atom is -0.373 e. The van der Waals surface area contributed by atoms with Gasteiger partial charge >= 0.3 is 6.03 Å². The molecule has 0 bridgehead atoms. The van der Waals surface area contributed by atoms with Crippen molar-refractivity contribution in [2.45, 2.75) is 25.0 Å². The van der Waals surface area contributed by atoms with Crippen LogP contribution in [-0.4, -0.2) is 33.3 Å². The fourth-order valence-corrected chi connectivity index (χ4v) is 3.08. The maximum Gasteiger partial charge on any atom is 0.321 e. The third-order valence-electron chi connectivity index (χ3n) is 4.33. The summed E-state index contributed by atoms with van der Waals surface area (Å²) in [6.07, 6.45) is 3.36. The quantitative estimate of drug-likeness (QED) is 0.770. The van der Waals surface area contributed by atoms with Crippen molar-refractivity contribution in [3.63, 3.8) is 0 Å². The molecule has 0 aliphatic carbocycles. The first kappa shape index (κ1) is 15.6. The molecule has 3 aromatic rings. The van der Waals surface area contributed by atoms with Gasteiger partial charge in [0.25, 0.3) is 0 Å². The van der Waals surface area contributed by atoms with Crippen LogP contribution in [-0.2, 0) is 4.74 Å². The summed E-state index contributed by atoms with van der Waals surface area (Å²) < 4.78 is 7.57. The highest BCUT2D eigenvalue weighted by Crippen LogP contribution is 2.27. The van der Waals surface area contributed by atoms with Crippen LogP contribution in [0.15, 0.2) is 54.7 Å². The first-order chi connectivity index (χ1) is 12.3. The number of rotatable bonds is 3. The van der Waals surface area contributed by atoms with E-state index >= 15 is 0 Å². The fraction of sp³-hybridized carbons (Fsp3) is 0.278. The summed E-state index contributed by atoms with van der Waals surface area (Å²) in [6, 6.07) is 15.4. The highest BCUT2D eigenvalue weighted by Gasteiger charge is 2.25. The summed E-state index contributed by atoms with van der Waals surface area (Å²) >= 11 is 0. The molecule has 1 aromatic carbocycles. The zero-order valence-electron chi connectivity index (χ0n) is 13.6. The first-order valence-electron chi connectivity index (χ1n) is 8.33. The molecule has 1 aliphatic rings. The van der Waals surface area contributed by atoms with Crippen LogP contribution in [0.5, 0.6) is 0 Å². The van der Waals surface area contributed by atoms with E-state index in [2.05, 4.69) is 33.0 Å². The number of benzene rings is 1. The van der Waals surface area contributed by atoms with Gasteiger partial charge in [0.05, 0.1) is 6.10 Å². The lowest BCUT2D eigenvalue weighted by molar-refractivity contribution is 0.00253. The summed E-state index contributed by atoms with van der Waals surface area (Å²) in [7, 11) is 0. The van der Waals surface area contributed by atoms with E-state index in [0.717, 1.165) is 18.4 Å². The van der Waals surface area contributed by atoms with E-state index in [9.17, 15) is 4.79 Å². The molecule has 25 heavy (non-hydrogen) atoms. The molecular weight excluding hydrogens is 318 g/mol.